The Morgan fingerprint density at radius 3 is 2.60 bits per heavy atom. The van der Waals surface area contributed by atoms with Gasteiger partial charge in [-0.05, 0) is 38.5 Å². The molecule has 20 heavy (non-hydrogen) atoms. The average molecular weight is 274 g/mol. The van der Waals surface area contributed by atoms with Crippen molar-refractivity contribution >= 4 is 5.84 Å². The lowest BCUT2D eigenvalue weighted by Gasteiger charge is -2.11. The number of rotatable bonds is 3. The highest BCUT2D eigenvalue weighted by molar-refractivity contribution is 5.99. The van der Waals surface area contributed by atoms with Gasteiger partial charge in [0.15, 0.2) is 11.6 Å². The van der Waals surface area contributed by atoms with E-state index in [0.29, 0.717) is 17.1 Å². The van der Waals surface area contributed by atoms with Gasteiger partial charge in [0.25, 0.3) is 0 Å². The van der Waals surface area contributed by atoms with Crippen LogP contribution in [0.3, 0.4) is 0 Å². The molecule has 0 radical (unpaired) electrons. The van der Waals surface area contributed by atoms with E-state index >= 15 is 0 Å². The van der Waals surface area contributed by atoms with Gasteiger partial charge < -0.3 is 15.7 Å². The molecule has 1 aromatic heterocycles. The van der Waals surface area contributed by atoms with Gasteiger partial charge in [-0.3, -0.25) is 4.68 Å². The van der Waals surface area contributed by atoms with E-state index in [2.05, 4.69) is 10.3 Å². The summed E-state index contributed by atoms with van der Waals surface area (Å²) < 4.78 is 7.69. The Labute approximate surface area is 117 Å². The van der Waals surface area contributed by atoms with Crippen LogP contribution in [0.5, 0.6) is 11.5 Å². The highest BCUT2D eigenvalue weighted by Crippen LogP contribution is 2.31. The SMILES string of the molecule is Cc1ccc(C(N)=NO)c(Oc2c(C)nn(C)c2C)c1. The van der Waals surface area contributed by atoms with E-state index in [1.807, 2.05) is 40.0 Å². The summed E-state index contributed by atoms with van der Waals surface area (Å²) in [6.07, 6.45) is 0. The molecule has 0 fully saturated rings. The fourth-order valence-corrected chi connectivity index (χ4v) is 1.99. The van der Waals surface area contributed by atoms with Gasteiger partial charge in [-0.2, -0.15) is 5.10 Å². The predicted molar refractivity (Wildman–Crippen MR) is 76.4 cm³/mol. The van der Waals surface area contributed by atoms with Crippen molar-refractivity contribution in [2.45, 2.75) is 20.8 Å². The average Bonchev–Trinajstić information content (AvgIpc) is 2.65. The van der Waals surface area contributed by atoms with Crippen LogP contribution in [0, 0.1) is 20.8 Å². The molecule has 1 heterocycles. The van der Waals surface area contributed by atoms with Crippen molar-refractivity contribution in [3.05, 3.63) is 40.7 Å². The van der Waals surface area contributed by atoms with Crippen molar-refractivity contribution in [3.63, 3.8) is 0 Å². The molecule has 3 N–H and O–H groups in total. The Morgan fingerprint density at radius 1 is 1.35 bits per heavy atom. The molecule has 0 unspecified atom stereocenters. The molecular weight excluding hydrogens is 256 g/mol. The van der Waals surface area contributed by atoms with Crippen LogP contribution in [0.1, 0.15) is 22.5 Å². The first-order chi connectivity index (χ1) is 9.43. The number of hydrogen-bond acceptors (Lipinski definition) is 4. The van der Waals surface area contributed by atoms with Crippen molar-refractivity contribution in [2.24, 2.45) is 17.9 Å². The standard InChI is InChI=1S/C14H18N4O2/c1-8-5-6-11(14(15)17-19)12(7-8)20-13-9(2)16-18(4)10(13)3/h5-7,19H,1-4H3,(H2,15,17). The van der Waals surface area contributed by atoms with Crippen LogP contribution in [0.2, 0.25) is 0 Å². The lowest BCUT2D eigenvalue weighted by atomic mass is 10.1. The highest BCUT2D eigenvalue weighted by atomic mass is 16.5. The lowest BCUT2D eigenvalue weighted by molar-refractivity contribution is 0.318. The largest absolute Gasteiger partial charge is 0.453 e. The van der Waals surface area contributed by atoms with Crippen molar-refractivity contribution in [1.82, 2.24) is 9.78 Å². The summed E-state index contributed by atoms with van der Waals surface area (Å²) in [4.78, 5) is 0. The molecule has 6 heteroatoms. The Balaban J connectivity index is 2.50. The van der Waals surface area contributed by atoms with Crippen LogP contribution in [-0.2, 0) is 7.05 Å². The molecule has 0 saturated carbocycles. The number of nitrogens with two attached hydrogens (primary N) is 1. The van der Waals surface area contributed by atoms with Crippen molar-refractivity contribution in [1.29, 1.82) is 0 Å². The first-order valence-corrected chi connectivity index (χ1v) is 6.20. The van der Waals surface area contributed by atoms with E-state index in [-0.39, 0.29) is 5.84 Å². The van der Waals surface area contributed by atoms with Gasteiger partial charge in [0.1, 0.15) is 11.4 Å². The molecule has 0 aliphatic rings. The predicted octanol–water partition coefficient (Wildman–Crippen LogP) is 2.23. The summed E-state index contributed by atoms with van der Waals surface area (Å²) in [5.41, 5.74) is 8.94. The number of oxime groups is 1. The first kappa shape index (κ1) is 13.9. The number of amidine groups is 1. The van der Waals surface area contributed by atoms with Crippen LogP contribution in [0.4, 0.5) is 0 Å². The molecule has 106 valence electrons. The molecule has 0 amide bonds. The molecule has 0 saturated heterocycles. The molecule has 2 rings (SSSR count). The van der Waals surface area contributed by atoms with E-state index in [1.165, 1.54) is 0 Å². The lowest BCUT2D eigenvalue weighted by Crippen LogP contribution is -2.14. The van der Waals surface area contributed by atoms with Crippen LogP contribution >= 0.6 is 0 Å². The zero-order valence-electron chi connectivity index (χ0n) is 12.0. The molecule has 1 aromatic carbocycles. The number of ether oxygens (including phenoxy) is 1. The van der Waals surface area contributed by atoms with E-state index < -0.39 is 0 Å². The van der Waals surface area contributed by atoms with E-state index in [0.717, 1.165) is 17.0 Å². The number of aromatic nitrogens is 2. The van der Waals surface area contributed by atoms with Crippen LogP contribution in [0.15, 0.2) is 23.4 Å². The van der Waals surface area contributed by atoms with Gasteiger partial charge >= 0.3 is 0 Å². The molecule has 6 nitrogen and oxygen atoms in total. The number of benzene rings is 1. The fraction of sp³-hybridized carbons (Fsp3) is 0.286. The Kier molecular flexibility index (Phi) is 3.65. The third-order valence-electron chi connectivity index (χ3n) is 3.18. The second-order valence-electron chi connectivity index (χ2n) is 4.71. The van der Waals surface area contributed by atoms with Gasteiger partial charge in [0.2, 0.25) is 0 Å². The highest BCUT2D eigenvalue weighted by Gasteiger charge is 2.15. The molecule has 0 aliphatic heterocycles. The monoisotopic (exact) mass is 274 g/mol. The second kappa shape index (κ2) is 5.24. The summed E-state index contributed by atoms with van der Waals surface area (Å²) in [5.74, 6) is 1.24. The summed E-state index contributed by atoms with van der Waals surface area (Å²) in [5, 5.41) is 16.2. The number of nitrogens with zero attached hydrogens (tertiary/aromatic N) is 3. The van der Waals surface area contributed by atoms with E-state index in [9.17, 15) is 0 Å². The molecule has 0 atom stereocenters. The van der Waals surface area contributed by atoms with Gasteiger partial charge in [-0.15, -0.1) is 0 Å². The third-order valence-corrected chi connectivity index (χ3v) is 3.18. The van der Waals surface area contributed by atoms with E-state index in [4.69, 9.17) is 15.7 Å². The number of hydrogen-bond donors (Lipinski definition) is 2. The summed E-state index contributed by atoms with van der Waals surface area (Å²) >= 11 is 0. The Morgan fingerprint density at radius 2 is 2.05 bits per heavy atom. The smallest absolute Gasteiger partial charge is 0.173 e. The maximum atomic E-state index is 8.85. The Hall–Kier alpha value is -2.50. The van der Waals surface area contributed by atoms with Crippen LogP contribution < -0.4 is 10.5 Å². The van der Waals surface area contributed by atoms with Crippen molar-refractivity contribution in [3.8, 4) is 11.5 Å². The van der Waals surface area contributed by atoms with Gasteiger partial charge in [0, 0.05) is 7.05 Å². The first-order valence-electron chi connectivity index (χ1n) is 6.20. The molecule has 0 aliphatic carbocycles. The van der Waals surface area contributed by atoms with Crippen LogP contribution in [-0.4, -0.2) is 20.8 Å². The maximum absolute atomic E-state index is 8.85. The van der Waals surface area contributed by atoms with Gasteiger partial charge in [-0.25, -0.2) is 0 Å². The normalized spacial score (nSPS) is 11.7. The van der Waals surface area contributed by atoms with Gasteiger partial charge in [0.05, 0.1) is 11.3 Å². The summed E-state index contributed by atoms with van der Waals surface area (Å²) in [6, 6.07) is 5.49. The number of aryl methyl sites for hydroxylation is 3. The minimum Gasteiger partial charge on any atom is -0.453 e. The maximum Gasteiger partial charge on any atom is 0.173 e. The third kappa shape index (κ3) is 2.45. The quantitative estimate of drug-likeness (QED) is 0.389. The molecular formula is C14H18N4O2. The van der Waals surface area contributed by atoms with Gasteiger partial charge in [-0.1, -0.05) is 11.2 Å². The van der Waals surface area contributed by atoms with Crippen molar-refractivity contribution in [2.75, 3.05) is 0 Å². The molecule has 2 aromatic rings. The zero-order valence-corrected chi connectivity index (χ0v) is 12.0. The molecule has 0 bridgehead atoms. The summed E-state index contributed by atoms with van der Waals surface area (Å²) in [6.45, 7) is 5.75. The second-order valence-corrected chi connectivity index (χ2v) is 4.71. The van der Waals surface area contributed by atoms with Crippen molar-refractivity contribution < 1.29 is 9.94 Å². The Bertz CT molecular complexity index is 674. The van der Waals surface area contributed by atoms with Crippen LogP contribution in [0.25, 0.3) is 0 Å². The topological polar surface area (TPSA) is 85.7 Å². The summed E-state index contributed by atoms with van der Waals surface area (Å²) in [7, 11) is 1.86. The van der Waals surface area contributed by atoms with E-state index in [1.54, 1.807) is 10.7 Å². The minimum atomic E-state index is 0.0131. The zero-order chi connectivity index (χ0) is 14.9. The fourth-order valence-electron chi connectivity index (χ4n) is 1.99. The minimum absolute atomic E-state index is 0.0131. The molecule has 0 spiro atoms.